The summed E-state index contributed by atoms with van der Waals surface area (Å²) in [5.41, 5.74) is 2.25. The molecule has 2 aliphatic rings. The van der Waals surface area contributed by atoms with Crippen LogP contribution in [0.4, 0.5) is 5.69 Å². The number of benzene rings is 1. The van der Waals surface area contributed by atoms with Gasteiger partial charge in [0.05, 0.1) is 13.0 Å². The van der Waals surface area contributed by atoms with Gasteiger partial charge < -0.3 is 15.0 Å². The van der Waals surface area contributed by atoms with Crippen molar-refractivity contribution in [3.8, 4) is 5.75 Å². The molecular weight excluding hydrogens is 378 g/mol. The number of carbonyl (C=O) groups excluding carboxylic acids is 2. The molecule has 1 aliphatic heterocycles. The highest BCUT2D eigenvalue weighted by molar-refractivity contribution is 5.97. The minimum atomic E-state index is -0.204. The third kappa shape index (κ3) is 3.91. The maximum atomic E-state index is 13.4. The molecule has 2 heterocycles. The highest BCUT2D eigenvalue weighted by Gasteiger charge is 2.51. The molecule has 1 unspecified atom stereocenters. The first-order chi connectivity index (χ1) is 14.5. The molecule has 1 aliphatic carbocycles. The number of ether oxygens (including phenoxy) is 1. The van der Waals surface area contributed by atoms with Crippen LogP contribution in [0.5, 0.6) is 5.75 Å². The molecule has 6 nitrogen and oxygen atoms in total. The van der Waals surface area contributed by atoms with E-state index in [0.29, 0.717) is 18.7 Å². The van der Waals surface area contributed by atoms with E-state index in [4.69, 9.17) is 4.74 Å². The van der Waals surface area contributed by atoms with Crippen LogP contribution in [-0.4, -0.2) is 41.9 Å². The Morgan fingerprint density at radius 1 is 1.13 bits per heavy atom. The Labute approximate surface area is 177 Å². The number of hydrogen-bond donors (Lipinski definition) is 1. The highest BCUT2D eigenvalue weighted by Crippen LogP contribution is 2.48. The molecule has 1 spiro atoms. The maximum absolute atomic E-state index is 13.4. The van der Waals surface area contributed by atoms with Gasteiger partial charge in [-0.05, 0) is 55.7 Å². The standard InChI is InChI=1S/C24H29N3O3/c1-17-14-19(30-2)6-7-21(17)26-22(28)20-15-27(16-24(20)10-4-3-5-11-24)23(29)18-8-12-25-13-9-18/h6-9,12-14,20H,3-5,10-11,15-16H2,1-2H3,(H,26,28). The largest absolute Gasteiger partial charge is 0.497 e. The molecular formula is C24H29N3O3. The van der Waals surface area contributed by atoms with E-state index in [2.05, 4.69) is 10.3 Å². The van der Waals surface area contributed by atoms with Crippen LogP contribution in [0.1, 0.15) is 48.0 Å². The van der Waals surface area contributed by atoms with E-state index < -0.39 is 0 Å². The van der Waals surface area contributed by atoms with Crippen molar-refractivity contribution in [1.29, 1.82) is 0 Å². The van der Waals surface area contributed by atoms with Gasteiger partial charge in [-0.15, -0.1) is 0 Å². The molecule has 1 saturated carbocycles. The van der Waals surface area contributed by atoms with E-state index in [0.717, 1.165) is 42.7 Å². The third-order valence-corrected chi connectivity index (χ3v) is 6.72. The zero-order chi connectivity index (χ0) is 21.1. The van der Waals surface area contributed by atoms with Gasteiger partial charge in [-0.1, -0.05) is 19.3 Å². The van der Waals surface area contributed by atoms with E-state index in [-0.39, 0.29) is 23.1 Å². The number of amides is 2. The lowest BCUT2D eigenvalue weighted by molar-refractivity contribution is -0.123. The summed E-state index contributed by atoms with van der Waals surface area (Å²) >= 11 is 0. The van der Waals surface area contributed by atoms with Crippen LogP contribution < -0.4 is 10.1 Å². The molecule has 2 amide bonds. The number of rotatable bonds is 4. The summed E-state index contributed by atoms with van der Waals surface area (Å²) in [6.07, 6.45) is 8.68. The zero-order valence-electron chi connectivity index (χ0n) is 17.7. The summed E-state index contributed by atoms with van der Waals surface area (Å²) in [5, 5.41) is 3.13. The highest BCUT2D eigenvalue weighted by atomic mass is 16.5. The van der Waals surface area contributed by atoms with E-state index in [9.17, 15) is 9.59 Å². The SMILES string of the molecule is COc1ccc(NC(=O)C2CN(C(=O)c3ccncc3)CC23CCCCC3)c(C)c1. The molecule has 30 heavy (non-hydrogen) atoms. The number of methoxy groups -OCH3 is 1. The average Bonchev–Trinajstić information content (AvgIpc) is 3.14. The minimum Gasteiger partial charge on any atom is -0.497 e. The monoisotopic (exact) mass is 407 g/mol. The third-order valence-electron chi connectivity index (χ3n) is 6.72. The molecule has 2 fully saturated rings. The van der Waals surface area contributed by atoms with Crippen molar-refractivity contribution in [2.24, 2.45) is 11.3 Å². The number of carbonyl (C=O) groups is 2. The predicted octanol–water partition coefficient (Wildman–Crippen LogP) is 4.06. The number of nitrogens with one attached hydrogen (secondary N) is 1. The van der Waals surface area contributed by atoms with Crippen LogP contribution in [0.3, 0.4) is 0 Å². The van der Waals surface area contributed by atoms with Gasteiger partial charge in [0.25, 0.3) is 5.91 Å². The van der Waals surface area contributed by atoms with Gasteiger partial charge in [0.1, 0.15) is 5.75 Å². The Hall–Kier alpha value is -2.89. The van der Waals surface area contributed by atoms with E-state index in [1.165, 1.54) is 6.42 Å². The summed E-state index contributed by atoms with van der Waals surface area (Å²) < 4.78 is 5.27. The van der Waals surface area contributed by atoms with Gasteiger partial charge in [-0.2, -0.15) is 0 Å². The first kappa shape index (κ1) is 20.4. The van der Waals surface area contributed by atoms with Crippen molar-refractivity contribution in [3.05, 3.63) is 53.9 Å². The van der Waals surface area contributed by atoms with Crippen LogP contribution in [0.15, 0.2) is 42.7 Å². The Balaban J connectivity index is 1.56. The van der Waals surface area contributed by atoms with Crippen molar-refractivity contribution in [1.82, 2.24) is 9.88 Å². The molecule has 0 bridgehead atoms. The molecule has 1 aromatic carbocycles. The van der Waals surface area contributed by atoms with Crippen molar-refractivity contribution in [2.45, 2.75) is 39.0 Å². The lowest BCUT2D eigenvalue weighted by Crippen LogP contribution is -2.39. The average molecular weight is 408 g/mol. The molecule has 1 saturated heterocycles. The second-order valence-electron chi connectivity index (χ2n) is 8.57. The Morgan fingerprint density at radius 2 is 1.87 bits per heavy atom. The van der Waals surface area contributed by atoms with Gasteiger partial charge >= 0.3 is 0 Å². The lowest BCUT2D eigenvalue weighted by Gasteiger charge is -2.37. The van der Waals surface area contributed by atoms with Crippen molar-refractivity contribution in [3.63, 3.8) is 0 Å². The smallest absolute Gasteiger partial charge is 0.254 e. The number of pyridine rings is 1. The quantitative estimate of drug-likeness (QED) is 0.830. The first-order valence-corrected chi connectivity index (χ1v) is 10.7. The van der Waals surface area contributed by atoms with Crippen molar-refractivity contribution < 1.29 is 14.3 Å². The second kappa shape index (κ2) is 8.46. The first-order valence-electron chi connectivity index (χ1n) is 10.7. The minimum absolute atomic E-state index is 0.00944. The van der Waals surface area contributed by atoms with Gasteiger partial charge in [0.15, 0.2) is 0 Å². The van der Waals surface area contributed by atoms with E-state index in [1.807, 2.05) is 30.0 Å². The fraction of sp³-hybridized carbons (Fsp3) is 0.458. The second-order valence-corrected chi connectivity index (χ2v) is 8.57. The van der Waals surface area contributed by atoms with Crippen molar-refractivity contribution >= 4 is 17.5 Å². The van der Waals surface area contributed by atoms with Crippen LogP contribution in [0.25, 0.3) is 0 Å². The van der Waals surface area contributed by atoms with Crippen LogP contribution in [-0.2, 0) is 4.79 Å². The van der Waals surface area contributed by atoms with Gasteiger partial charge in [0.2, 0.25) is 5.91 Å². The zero-order valence-corrected chi connectivity index (χ0v) is 17.7. The normalized spacial score (nSPS) is 20.2. The lowest BCUT2D eigenvalue weighted by atomic mass is 9.67. The summed E-state index contributed by atoms with van der Waals surface area (Å²) in [5.74, 6) is 0.558. The Kier molecular flexibility index (Phi) is 5.75. The van der Waals surface area contributed by atoms with Crippen molar-refractivity contribution in [2.75, 3.05) is 25.5 Å². The summed E-state index contributed by atoms with van der Waals surface area (Å²) in [6, 6.07) is 9.13. The fourth-order valence-electron chi connectivity index (χ4n) is 5.05. The Bertz CT molecular complexity index is 923. The topological polar surface area (TPSA) is 71.5 Å². The number of anilines is 1. The molecule has 4 rings (SSSR count). The predicted molar refractivity (Wildman–Crippen MR) is 116 cm³/mol. The van der Waals surface area contributed by atoms with E-state index >= 15 is 0 Å². The summed E-state index contributed by atoms with van der Waals surface area (Å²) in [7, 11) is 1.63. The van der Waals surface area contributed by atoms with Crippen LogP contribution in [0, 0.1) is 18.3 Å². The molecule has 2 aromatic rings. The maximum Gasteiger partial charge on any atom is 0.254 e. The summed E-state index contributed by atoms with van der Waals surface area (Å²) in [6.45, 7) is 3.07. The molecule has 0 radical (unpaired) electrons. The van der Waals surface area contributed by atoms with Gasteiger partial charge in [0, 0.05) is 42.1 Å². The fourth-order valence-corrected chi connectivity index (χ4v) is 5.05. The molecule has 158 valence electrons. The number of aryl methyl sites for hydroxylation is 1. The van der Waals surface area contributed by atoms with Crippen LogP contribution >= 0.6 is 0 Å². The van der Waals surface area contributed by atoms with Gasteiger partial charge in [-0.25, -0.2) is 0 Å². The van der Waals surface area contributed by atoms with Crippen LogP contribution in [0.2, 0.25) is 0 Å². The van der Waals surface area contributed by atoms with E-state index in [1.54, 1.807) is 31.6 Å². The van der Waals surface area contributed by atoms with Gasteiger partial charge in [-0.3, -0.25) is 14.6 Å². The number of nitrogens with zero attached hydrogens (tertiary/aromatic N) is 2. The molecule has 1 aromatic heterocycles. The number of hydrogen-bond acceptors (Lipinski definition) is 4. The molecule has 1 atom stereocenters. The summed E-state index contributed by atoms with van der Waals surface area (Å²) in [4.78, 5) is 32.4. The Morgan fingerprint density at radius 3 is 2.53 bits per heavy atom. The number of likely N-dealkylation sites (tertiary alicyclic amines) is 1. The molecule has 1 N–H and O–H groups in total. The number of aromatic nitrogens is 1. The molecule has 6 heteroatoms.